The molecule has 128 valence electrons. The molecule has 0 atom stereocenters. The first-order valence-electron chi connectivity index (χ1n) is 8.83. The number of hydrogen-bond donors (Lipinski definition) is 1. The summed E-state index contributed by atoms with van der Waals surface area (Å²) in [7, 11) is 0. The van der Waals surface area contributed by atoms with E-state index >= 15 is 0 Å². The van der Waals surface area contributed by atoms with E-state index in [2.05, 4.69) is 45.2 Å². The molecule has 1 N–H and O–H groups in total. The summed E-state index contributed by atoms with van der Waals surface area (Å²) in [6, 6.07) is 6.36. The minimum Gasteiger partial charge on any atom is -0.346 e. The number of H-pyrrole nitrogens is 1. The first kappa shape index (κ1) is 15.9. The quantitative estimate of drug-likeness (QED) is 0.751. The molecule has 0 saturated carbocycles. The van der Waals surface area contributed by atoms with Gasteiger partial charge >= 0.3 is 0 Å². The van der Waals surface area contributed by atoms with Gasteiger partial charge in [0.15, 0.2) is 0 Å². The van der Waals surface area contributed by atoms with E-state index in [1.807, 2.05) is 23.1 Å². The summed E-state index contributed by atoms with van der Waals surface area (Å²) in [4.78, 5) is 9.97. The summed E-state index contributed by atoms with van der Waals surface area (Å²) in [5.41, 5.74) is 2.85. The zero-order chi connectivity index (χ0) is 17.3. The van der Waals surface area contributed by atoms with E-state index in [1.54, 1.807) is 6.20 Å². The summed E-state index contributed by atoms with van der Waals surface area (Å²) in [5.74, 6) is 0. The van der Waals surface area contributed by atoms with Crippen molar-refractivity contribution in [2.24, 2.45) is 0 Å². The summed E-state index contributed by atoms with van der Waals surface area (Å²) in [6.07, 6.45) is 10.6. The lowest BCUT2D eigenvalue weighted by atomic mass is 9.86. The van der Waals surface area contributed by atoms with E-state index in [4.69, 9.17) is 0 Å². The van der Waals surface area contributed by atoms with E-state index < -0.39 is 0 Å². The van der Waals surface area contributed by atoms with Crippen LogP contribution in [0.15, 0.2) is 36.9 Å². The molecule has 6 heteroatoms. The van der Waals surface area contributed by atoms with Crippen molar-refractivity contribution in [2.75, 3.05) is 19.6 Å². The molecule has 3 aromatic heterocycles. The van der Waals surface area contributed by atoms with Crippen molar-refractivity contribution >= 4 is 11.0 Å². The number of aromatic nitrogens is 4. The van der Waals surface area contributed by atoms with Crippen molar-refractivity contribution in [3.8, 4) is 17.2 Å². The maximum Gasteiger partial charge on any atom is 0.137 e. The number of unbranched alkanes of at least 4 members (excludes halogenated alkanes) is 1. The van der Waals surface area contributed by atoms with Gasteiger partial charge in [0.05, 0.1) is 18.7 Å². The molecule has 0 spiro atoms. The van der Waals surface area contributed by atoms with E-state index in [0.29, 0.717) is 6.42 Å². The first-order chi connectivity index (χ1) is 12.3. The molecule has 4 rings (SSSR count). The minimum absolute atomic E-state index is 0.189. The highest BCUT2D eigenvalue weighted by atomic mass is 15.4. The lowest BCUT2D eigenvalue weighted by Gasteiger charge is -2.49. The molecular weight excluding hydrogens is 312 g/mol. The van der Waals surface area contributed by atoms with Crippen LogP contribution in [-0.2, 0) is 5.54 Å². The van der Waals surface area contributed by atoms with Crippen LogP contribution in [0.5, 0.6) is 0 Å². The van der Waals surface area contributed by atoms with Gasteiger partial charge in [-0.1, -0.05) is 13.3 Å². The van der Waals surface area contributed by atoms with Gasteiger partial charge in [-0.3, -0.25) is 9.58 Å². The Morgan fingerprint density at radius 1 is 1.40 bits per heavy atom. The normalized spacial score (nSPS) is 16.6. The number of aromatic amines is 1. The van der Waals surface area contributed by atoms with Crippen LogP contribution in [0.3, 0.4) is 0 Å². The largest absolute Gasteiger partial charge is 0.346 e. The van der Waals surface area contributed by atoms with Gasteiger partial charge < -0.3 is 4.98 Å². The summed E-state index contributed by atoms with van der Waals surface area (Å²) in [5, 5.41) is 15.0. The molecule has 0 aliphatic carbocycles. The number of pyridine rings is 1. The van der Waals surface area contributed by atoms with Gasteiger partial charge in [0.1, 0.15) is 11.2 Å². The smallest absolute Gasteiger partial charge is 0.137 e. The van der Waals surface area contributed by atoms with Gasteiger partial charge in [0.2, 0.25) is 0 Å². The van der Waals surface area contributed by atoms with Crippen LogP contribution in [0.1, 0.15) is 26.2 Å². The topological polar surface area (TPSA) is 73.5 Å². The molecular formula is C19H22N6. The third kappa shape index (κ3) is 2.71. The second-order valence-corrected chi connectivity index (χ2v) is 6.90. The third-order valence-electron chi connectivity index (χ3n) is 5.10. The predicted molar refractivity (Wildman–Crippen MR) is 96.9 cm³/mol. The Hall–Kier alpha value is -2.65. The molecule has 6 nitrogen and oxygen atoms in total. The van der Waals surface area contributed by atoms with Gasteiger partial charge in [-0.05, 0) is 25.1 Å². The predicted octanol–water partition coefficient (Wildman–Crippen LogP) is 3.15. The molecule has 1 saturated heterocycles. The molecule has 3 aromatic rings. The Morgan fingerprint density at radius 3 is 3.08 bits per heavy atom. The highest BCUT2D eigenvalue weighted by Crippen LogP contribution is 2.34. The molecule has 0 amide bonds. The second kappa shape index (κ2) is 6.34. The number of rotatable bonds is 6. The summed E-state index contributed by atoms with van der Waals surface area (Å²) >= 11 is 0. The van der Waals surface area contributed by atoms with Crippen molar-refractivity contribution in [1.82, 2.24) is 24.6 Å². The zero-order valence-corrected chi connectivity index (χ0v) is 14.4. The highest BCUT2D eigenvalue weighted by Gasteiger charge is 2.44. The number of nitriles is 1. The lowest BCUT2D eigenvalue weighted by Crippen LogP contribution is -2.62. The molecule has 25 heavy (non-hydrogen) atoms. The zero-order valence-electron chi connectivity index (χ0n) is 14.4. The molecule has 0 bridgehead atoms. The molecule has 0 unspecified atom stereocenters. The Labute approximate surface area is 147 Å². The summed E-state index contributed by atoms with van der Waals surface area (Å²) in [6.45, 7) is 5.11. The molecule has 4 heterocycles. The third-order valence-corrected chi connectivity index (χ3v) is 5.10. The Morgan fingerprint density at radius 2 is 2.28 bits per heavy atom. The SMILES string of the molecule is CCCCN1CC(CC#N)(n2cc(-c3c[nH]c4ncccc34)cn2)C1. The number of hydrogen-bond acceptors (Lipinski definition) is 4. The van der Waals surface area contributed by atoms with Gasteiger partial charge in [-0.2, -0.15) is 10.4 Å². The monoisotopic (exact) mass is 334 g/mol. The molecule has 1 fully saturated rings. The standard InChI is InChI=1S/C19H22N6/c1-2-3-9-24-13-19(14-24,6-7-20)25-12-15(10-23-25)17-11-22-18-16(17)5-4-8-21-18/h4-5,8,10-12H,2-3,6,9,13-14H2,1H3,(H,21,22). The average molecular weight is 334 g/mol. The van der Waals surface area contributed by atoms with Gasteiger partial charge in [0, 0.05) is 48.2 Å². The molecule has 0 aromatic carbocycles. The number of likely N-dealkylation sites (tertiary alicyclic amines) is 1. The van der Waals surface area contributed by atoms with Crippen LogP contribution in [0, 0.1) is 11.3 Å². The maximum absolute atomic E-state index is 9.30. The van der Waals surface area contributed by atoms with Crippen LogP contribution in [0.25, 0.3) is 22.2 Å². The van der Waals surface area contributed by atoms with Crippen LogP contribution in [-0.4, -0.2) is 44.3 Å². The van der Waals surface area contributed by atoms with Crippen LogP contribution in [0.2, 0.25) is 0 Å². The van der Waals surface area contributed by atoms with Crippen molar-refractivity contribution in [3.63, 3.8) is 0 Å². The van der Waals surface area contributed by atoms with Crippen molar-refractivity contribution in [3.05, 3.63) is 36.9 Å². The Kier molecular flexibility index (Phi) is 4.02. The number of fused-ring (bicyclic) bond motifs is 1. The fraction of sp³-hybridized carbons (Fsp3) is 0.421. The Bertz CT molecular complexity index is 909. The summed E-state index contributed by atoms with van der Waals surface area (Å²) < 4.78 is 2.00. The van der Waals surface area contributed by atoms with Crippen molar-refractivity contribution in [1.29, 1.82) is 5.26 Å². The molecule has 0 radical (unpaired) electrons. The average Bonchev–Trinajstić information content (AvgIpc) is 3.23. The van der Waals surface area contributed by atoms with Crippen molar-refractivity contribution < 1.29 is 0 Å². The van der Waals surface area contributed by atoms with Crippen molar-refractivity contribution in [2.45, 2.75) is 31.7 Å². The molecule has 1 aliphatic heterocycles. The van der Waals surface area contributed by atoms with E-state index in [9.17, 15) is 5.26 Å². The van der Waals surface area contributed by atoms with Crippen LogP contribution in [0.4, 0.5) is 0 Å². The van der Waals surface area contributed by atoms with Gasteiger partial charge in [-0.25, -0.2) is 4.98 Å². The Balaban J connectivity index is 1.61. The minimum atomic E-state index is -0.189. The highest BCUT2D eigenvalue weighted by molar-refractivity contribution is 5.93. The van der Waals surface area contributed by atoms with Crippen LogP contribution < -0.4 is 0 Å². The van der Waals surface area contributed by atoms with Gasteiger partial charge in [0.25, 0.3) is 0 Å². The first-order valence-corrected chi connectivity index (χ1v) is 8.83. The fourth-order valence-electron chi connectivity index (χ4n) is 3.73. The fourth-order valence-corrected chi connectivity index (χ4v) is 3.73. The number of nitrogens with one attached hydrogen (secondary N) is 1. The van der Waals surface area contributed by atoms with E-state index in [1.165, 1.54) is 12.8 Å². The lowest BCUT2D eigenvalue weighted by molar-refractivity contribution is 0.00460. The molecule has 1 aliphatic rings. The van der Waals surface area contributed by atoms with Gasteiger partial charge in [-0.15, -0.1) is 0 Å². The number of nitrogens with zero attached hydrogens (tertiary/aromatic N) is 5. The van der Waals surface area contributed by atoms with E-state index in [0.717, 1.165) is 41.8 Å². The van der Waals surface area contributed by atoms with Crippen LogP contribution >= 0.6 is 0 Å². The second-order valence-electron chi connectivity index (χ2n) is 6.90. The van der Waals surface area contributed by atoms with E-state index in [-0.39, 0.29) is 5.54 Å². The maximum atomic E-state index is 9.30.